The van der Waals surface area contributed by atoms with Gasteiger partial charge in [0.2, 0.25) is 5.91 Å². The first-order valence-electron chi connectivity index (χ1n) is 9.47. The van der Waals surface area contributed by atoms with E-state index in [9.17, 15) is 4.79 Å². The van der Waals surface area contributed by atoms with Crippen molar-refractivity contribution in [3.63, 3.8) is 0 Å². The quantitative estimate of drug-likeness (QED) is 0.601. The number of aryl methyl sites for hydroxylation is 1. The predicted octanol–water partition coefficient (Wildman–Crippen LogP) is 4.89. The summed E-state index contributed by atoms with van der Waals surface area (Å²) in [5.41, 5.74) is 3.76. The Morgan fingerprint density at radius 3 is 2.44 bits per heavy atom. The number of carbonyl (C=O) groups excluding carboxylic acids is 1. The average Bonchev–Trinajstić information content (AvgIpc) is 2.62. The predicted molar refractivity (Wildman–Crippen MR) is 118 cm³/mol. The fourth-order valence-electron chi connectivity index (χ4n) is 4.09. The van der Waals surface area contributed by atoms with Crippen LogP contribution in [-0.2, 0) is 16.6 Å². The molecule has 0 saturated carbocycles. The first-order chi connectivity index (χ1) is 13.0. The molecule has 1 aliphatic rings. The van der Waals surface area contributed by atoms with Gasteiger partial charge in [-0.15, -0.1) is 0 Å². The van der Waals surface area contributed by atoms with Crippen LogP contribution in [0.3, 0.4) is 0 Å². The zero-order valence-electron chi connectivity index (χ0n) is 15.7. The Morgan fingerprint density at radius 2 is 1.78 bits per heavy atom. The lowest BCUT2D eigenvalue weighted by Crippen LogP contribution is -2.44. The lowest BCUT2D eigenvalue weighted by atomic mass is 9.69. The van der Waals surface area contributed by atoms with Crippen LogP contribution in [0.5, 0.6) is 0 Å². The standard InChI is InChI=1S/C22H26Br2N2O/c1-16-4-2-3-5-20(16)22(7-10-25-11-8-22)15-21(27)26-9-6-17-12-18(23)14-19(24)13-17/h2-5,12-14,25H,6-11,15H2,1H3,(H,26,27). The molecule has 27 heavy (non-hydrogen) atoms. The van der Waals surface area contributed by atoms with Crippen molar-refractivity contribution >= 4 is 37.8 Å². The highest BCUT2D eigenvalue weighted by Gasteiger charge is 2.36. The lowest BCUT2D eigenvalue weighted by Gasteiger charge is -2.39. The average molecular weight is 494 g/mol. The molecular formula is C22H26Br2N2O. The van der Waals surface area contributed by atoms with Gasteiger partial charge in [-0.25, -0.2) is 0 Å². The number of nitrogens with one attached hydrogen (secondary N) is 2. The van der Waals surface area contributed by atoms with Crippen LogP contribution in [0.1, 0.15) is 36.0 Å². The molecule has 0 aromatic heterocycles. The summed E-state index contributed by atoms with van der Waals surface area (Å²) in [5, 5.41) is 6.58. The Bertz CT molecular complexity index is 780. The summed E-state index contributed by atoms with van der Waals surface area (Å²) in [4.78, 5) is 12.8. The SMILES string of the molecule is Cc1ccccc1C1(CC(=O)NCCc2cc(Br)cc(Br)c2)CCNCC1. The molecular weight excluding hydrogens is 468 g/mol. The second-order valence-electron chi connectivity index (χ2n) is 7.40. The van der Waals surface area contributed by atoms with Crippen LogP contribution < -0.4 is 10.6 Å². The van der Waals surface area contributed by atoms with Gasteiger partial charge in [-0.3, -0.25) is 4.79 Å². The molecule has 2 N–H and O–H groups in total. The number of hydrogen-bond donors (Lipinski definition) is 2. The Kier molecular flexibility index (Phi) is 7.12. The normalized spacial score (nSPS) is 16.1. The van der Waals surface area contributed by atoms with E-state index in [0.717, 1.165) is 41.3 Å². The van der Waals surface area contributed by atoms with Crippen LogP contribution >= 0.6 is 31.9 Å². The van der Waals surface area contributed by atoms with Gasteiger partial charge in [0.15, 0.2) is 0 Å². The second-order valence-corrected chi connectivity index (χ2v) is 9.23. The van der Waals surface area contributed by atoms with Crippen molar-refractivity contribution in [2.24, 2.45) is 0 Å². The van der Waals surface area contributed by atoms with Crippen molar-refractivity contribution in [1.29, 1.82) is 0 Å². The number of benzene rings is 2. The third kappa shape index (κ3) is 5.43. The zero-order chi connectivity index (χ0) is 19.3. The van der Waals surface area contributed by atoms with Gasteiger partial charge in [0.05, 0.1) is 0 Å². The Hall–Kier alpha value is -1.17. The van der Waals surface area contributed by atoms with E-state index in [1.807, 2.05) is 6.07 Å². The monoisotopic (exact) mass is 492 g/mol. The van der Waals surface area contributed by atoms with E-state index in [1.54, 1.807) is 0 Å². The van der Waals surface area contributed by atoms with Gasteiger partial charge in [0, 0.05) is 27.3 Å². The molecule has 2 aromatic rings. The highest BCUT2D eigenvalue weighted by Crippen LogP contribution is 2.38. The van der Waals surface area contributed by atoms with E-state index < -0.39 is 0 Å². The summed E-state index contributed by atoms with van der Waals surface area (Å²) in [5.74, 6) is 0.147. The maximum atomic E-state index is 12.8. The van der Waals surface area contributed by atoms with E-state index in [1.165, 1.54) is 16.7 Å². The largest absolute Gasteiger partial charge is 0.356 e. The molecule has 0 aliphatic carbocycles. The summed E-state index contributed by atoms with van der Waals surface area (Å²) < 4.78 is 2.10. The molecule has 0 bridgehead atoms. The Labute approximate surface area is 178 Å². The first kappa shape index (κ1) is 20.6. The molecule has 0 unspecified atom stereocenters. The minimum absolute atomic E-state index is 0.0561. The number of halogens is 2. The summed E-state index contributed by atoms with van der Waals surface area (Å²) >= 11 is 7.03. The highest BCUT2D eigenvalue weighted by molar-refractivity contribution is 9.11. The van der Waals surface area contributed by atoms with Crippen LogP contribution in [0.2, 0.25) is 0 Å². The molecule has 3 nitrogen and oxygen atoms in total. The smallest absolute Gasteiger partial charge is 0.220 e. The molecule has 1 heterocycles. The van der Waals surface area contributed by atoms with Crippen molar-refractivity contribution in [3.05, 3.63) is 68.1 Å². The maximum absolute atomic E-state index is 12.8. The minimum atomic E-state index is -0.0561. The van der Waals surface area contributed by atoms with Crippen LogP contribution in [0.15, 0.2) is 51.4 Å². The van der Waals surface area contributed by atoms with Crippen LogP contribution in [0, 0.1) is 6.92 Å². The van der Waals surface area contributed by atoms with Gasteiger partial charge in [0.1, 0.15) is 0 Å². The third-order valence-corrected chi connectivity index (χ3v) is 6.35. The van der Waals surface area contributed by atoms with E-state index in [0.29, 0.717) is 13.0 Å². The van der Waals surface area contributed by atoms with E-state index in [4.69, 9.17) is 0 Å². The molecule has 2 aromatic carbocycles. The Morgan fingerprint density at radius 1 is 1.11 bits per heavy atom. The summed E-state index contributed by atoms with van der Waals surface area (Å²) in [7, 11) is 0. The molecule has 1 saturated heterocycles. The highest BCUT2D eigenvalue weighted by atomic mass is 79.9. The van der Waals surface area contributed by atoms with Crippen molar-refractivity contribution in [2.75, 3.05) is 19.6 Å². The number of amides is 1. The van der Waals surface area contributed by atoms with E-state index in [-0.39, 0.29) is 11.3 Å². The topological polar surface area (TPSA) is 41.1 Å². The molecule has 144 valence electrons. The summed E-state index contributed by atoms with van der Waals surface area (Å²) in [6.45, 7) is 4.74. The lowest BCUT2D eigenvalue weighted by molar-refractivity contribution is -0.122. The van der Waals surface area contributed by atoms with Crippen molar-refractivity contribution in [1.82, 2.24) is 10.6 Å². The van der Waals surface area contributed by atoms with Crippen LogP contribution in [0.4, 0.5) is 0 Å². The fourth-order valence-corrected chi connectivity index (χ4v) is 5.47. The molecule has 0 radical (unpaired) electrons. The molecule has 1 amide bonds. The van der Waals surface area contributed by atoms with Gasteiger partial charge in [-0.2, -0.15) is 0 Å². The first-order valence-corrected chi connectivity index (χ1v) is 11.1. The number of hydrogen-bond acceptors (Lipinski definition) is 2. The van der Waals surface area contributed by atoms with E-state index in [2.05, 4.69) is 85.8 Å². The maximum Gasteiger partial charge on any atom is 0.220 e. The van der Waals surface area contributed by atoms with Crippen molar-refractivity contribution in [3.8, 4) is 0 Å². The zero-order valence-corrected chi connectivity index (χ0v) is 18.8. The van der Waals surface area contributed by atoms with Gasteiger partial charge >= 0.3 is 0 Å². The number of rotatable bonds is 6. The van der Waals surface area contributed by atoms with Gasteiger partial charge in [-0.1, -0.05) is 56.1 Å². The van der Waals surface area contributed by atoms with Crippen molar-refractivity contribution in [2.45, 2.75) is 38.0 Å². The molecule has 0 atom stereocenters. The van der Waals surface area contributed by atoms with E-state index >= 15 is 0 Å². The number of piperidine rings is 1. The molecule has 0 spiro atoms. The van der Waals surface area contributed by atoms with Crippen LogP contribution in [0.25, 0.3) is 0 Å². The fraction of sp³-hybridized carbons (Fsp3) is 0.409. The summed E-state index contributed by atoms with van der Waals surface area (Å²) in [6, 6.07) is 14.7. The minimum Gasteiger partial charge on any atom is -0.356 e. The second kappa shape index (κ2) is 9.35. The third-order valence-electron chi connectivity index (χ3n) is 5.43. The van der Waals surface area contributed by atoms with Crippen LogP contribution in [-0.4, -0.2) is 25.5 Å². The van der Waals surface area contributed by atoms with Crippen molar-refractivity contribution < 1.29 is 4.79 Å². The number of carbonyl (C=O) groups is 1. The molecule has 3 rings (SSSR count). The van der Waals surface area contributed by atoms with Gasteiger partial charge in [0.25, 0.3) is 0 Å². The van der Waals surface area contributed by atoms with Gasteiger partial charge in [-0.05, 0) is 74.2 Å². The molecule has 1 aliphatic heterocycles. The molecule has 1 fully saturated rings. The van der Waals surface area contributed by atoms with Gasteiger partial charge < -0.3 is 10.6 Å². The summed E-state index contributed by atoms with van der Waals surface area (Å²) in [6.07, 6.45) is 3.39. The molecule has 5 heteroatoms. The Balaban J connectivity index is 1.64.